The van der Waals surface area contributed by atoms with Gasteiger partial charge in [0.1, 0.15) is 5.82 Å². The lowest BCUT2D eigenvalue weighted by Gasteiger charge is -2.08. The molecule has 24 heavy (non-hydrogen) atoms. The normalized spacial score (nSPS) is 10.0. The van der Waals surface area contributed by atoms with Crippen molar-refractivity contribution in [3.8, 4) is 11.3 Å². The molecular formula is C17H14ClFN4O. The second-order valence-electron chi connectivity index (χ2n) is 4.92. The second-order valence-corrected chi connectivity index (χ2v) is 4.92. The molecule has 0 bridgehead atoms. The molecule has 1 aromatic heterocycles. The Balaban J connectivity index is 0.00000208. The van der Waals surface area contributed by atoms with Crippen LogP contribution in [0.1, 0.15) is 10.4 Å². The van der Waals surface area contributed by atoms with E-state index in [4.69, 9.17) is 11.5 Å². The highest BCUT2D eigenvalue weighted by Crippen LogP contribution is 2.25. The zero-order chi connectivity index (χ0) is 16.4. The monoisotopic (exact) mass is 344 g/mol. The van der Waals surface area contributed by atoms with Gasteiger partial charge in [0.25, 0.3) is 5.91 Å². The van der Waals surface area contributed by atoms with Gasteiger partial charge in [0, 0.05) is 10.9 Å². The van der Waals surface area contributed by atoms with Crippen LogP contribution in [0.2, 0.25) is 0 Å². The third kappa shape index (κ3) is 3.49. The standard InChI is InChI=1S/C17H13FN4O.ClH/c18-11-7-5-10(6-8-11)15-9-13(16(23)22-17(19)20)12-3-1-2-4-14(12)21-15;/h1-9H,(H4,19,20,22,23);1H. The van der Waals surface area contributed by atoms with E-state index in [1.54, 1.807) is 36.4 Å². The molecule has 0 aliphatic carbocycles. The van der Waals surface area contributed by atoms with Gasteiger partial charge in [0.05, 0.1) is 16.8 Å². The van der Waals surface area contributed by atoms with Crippen LogP contribution in [0.15, 0.2) is 59.6 Å². The predicted molar refractivity (Wildman–Crippen MR) is 94.5 cm³/mol. The molecule has 4 N–H and O–H groups in total. The van der Waals surface area contributed by atoms with Crippen LogP contribution in [0, 0.1) is 5.82 Å². The molecule has 122 valence electrons. The molecule has 0 radical (unpaired) electrons. The Kier molecular flexibility index (Phi) is 5.11. The Bertz CT molecular complexity index is 922. The highest BCUT2D eigenvalue weighted by Gasteiger charge is 2.13. The van der Waals surface area contributed by atoms with Gasteiger partial charge in [-0.25, -0.2) is 9.37 Å². The Morgan fingerprint density at radius 1 is 1.04 bits per heavy atom. The van der Waals surface area contributed by atoms with Crippen LogP contribution in [0.3, 0.4) is 0 Å². The van der Waals surface area contributed by atoms with E-state index in [-0.39, 0.29) is 24.2 Å². The van der Waals surface area contributed by atoms with Gasteiger partial charge in [-0.1, -0.05) is 18.2 Å². The van der Waals surface area contributed by atoms with E-state index in [1.807, 2.05) is 6.07 Å². The molecular weight excluding hydrogens is 331 g/mol. The van der Waals surface area contributed by atoms with Gasteiger partial charge in [0.15, 0.2) is 5.96 Å². The molecule has 0 fully saturated rings. The number of carbonyl (C=O) groups is 1. The number of amides is 1. The summed E-state index contributed by atoms with van der Waals surface area (Å²) in [5, 5.41) is 0.647. The van der Waals surface area contributed by atoms with Crippen molar-refractivity contribution in [2.75, 3.05) is 0 Å². The summed E-state index contributed by atoms with van der Waals surface area (Å²) < 4.78 is 13.1. The van der Waals surface area contributed by atoms with Crippen LogP contribution < -0.4 is 11.5 Å². The van der Waals surface area contributed by atoms with Crippen molar-refractivity contribution in [2.45, 2.75) is 0 Å². The minimum atomic E-state index is -0.549. The SMILES string of the molecule is Cl.NC(N)=NC(=O)c1cc(-c2ccc(F)cc2)nc2ccccc12. The Hall–Kier alpha value is -2.99. The first-order valence-corrected chi connectivity index (χ1v) is 6.84. The van der Waals surface area contributed by atoms with Crippen molar-refractivity contribution in [1.29, 1.82) is 0 Å². The summed E-state index contributed by atoms with van der Waals surface area (Å²) in [7, 11) is 0. The minimum Gasteiger partial charge on any atom is -0.370 e. The molecule has 3 rings (SSSR count). The molecule has 5 nitrogen and oxygen atoms in total. The van der Waals surface area contributed by atoms with Gasteiger partial charge in [-0.05, 0) is 36.4 Å². The van der Waals surface area contributed by atoms with E-state index >= 15 is 0 Å². The number of aliphatic imine (C=N–C) groups is 1. The summed E-state index contributed by atoms with van der Waals surface area (Å²) in [4.78, 5) is 20.4. The summed E-state index contributed by atoms with van der Waals surface area (Å²) in [6.07, 6.45) is 0. The topological polar surface area (TPSA) is 94.4 Å². The van der Waals surface area contributed by atoms with Crippen LogP contribution in [-0.2, 0) is 0 Å². The van der Waals surface area contributed by atoms with E-state index in [0.29, 0.717) is 27.7 Å². The predicted octanol–water partition coefficient (Wildman–Crippen LogP) is 2.88. The number of pyridine rings is 1. The quantitative estimate of drug-likeness (QED) is 0.552. The number of hydrogen-bond acceptors (Lipinski definition) is 2. The summed E-state index contributed by atoms with van der Waals surface area (Å²) in [6.45, 7) is 0. The maximum Gasteiger partial charge on any atom is 0.280 e. The Morgan fingerprint density at radius 3 is 2.38 bits per heavy atom. The second kappa shape index (κ2) is 7.06. The highest BCUT2D eigenvalue weighted by molar-refractivity contribution is 6.10. The number of guanidine groups is 1. The maximum absolute atomic E-state index is 13.1. The average Bonchev–Trinajstić information content (AvgIpc) is 2.54. The van der Waals surface area contributed by atoms with Crippen molar-refractivity contribution in [3.05, 3.63) is 66.0 Å². The van der Waals surface area contributed by atoms with E-state index in [9.17, 15) is 9.18 Å². The molecule has 0 unspecified atom stereocenters. The van der Waals surface area contributed by atoms with Gasteiger partial charge in [-0.2, -0.15) is 4.99 Å². The van der Waals surface area contributed by atoms with E-state index in [2.05, 4.69) is 9.98 Å². The number of carbonyl (C=O) groups excluding carboxylic acids is 1. The first-order chi connectivity index (χ1) is 11.0. The number of halogens is 2. The summed E-state index contributed by atoms with van der Waals surface area (Å²) in [5.41, 5.74) is 12.8. The number of benzene rings is 2. The third-order valence-corrected chi connectivity index (χ3v) is 3.32. The molecule has 7 heteroatoms. The minimum absolute atomic E-state index is 0. The van der Waals surface area contributed by atoms with Crippen LogP contribution in [0.5, 0.6) is 0 Å². The number of fused-ring (bicyclic) bond motifs is 1. The number of nitrogens with zero attached hydrogens (tertiary/aromatic N) is 2. The van der Waals surface area contributed by atoms with E-state index in [1.165, 1.54) is 12.1 Å². The number of hydrogen-bond donors (Lipinski definition) is 2. The summed E-state index contributed by atoms with van der Waals surface area (Å²) in [5.74, 6) is -1.20. The van der Waals surface area contributed by atoms with Gasteiger partial charge in [-0.15, -0.1) is 12.4 Å². The smallest absolute Gasteiger partial charge is 0.280 e. The fourth-order valence-electron chi connectivity index (χ4n) is 2.30. The summed E-state index contributed by atoms with van der Waals surface area (Å²) >= 11 is 0. The van der Waals surface area contributed by atoms with Gasteiger partial charge in [-0.3, -0.25) is 4.79 Å². The van der Waals surface area contributed by atoms with Crippen LogP contribution >= 0.6 is 12.4 Å². The molecule has 0 saturated heterocycles. The van der Waals surface area contributed by atoms with Crippen molar-refractivity contribution >= 4 is 35.2 Å². The lowest BCUT2D eigenvalue weighted by molar-refractivity contribution is 0.100. The number of aromatic nitrogens is 1. The van der Waals surface area contributed by atoms with E-state index < -0.39 is 5.91 Å². The first-order valence-electron chi connectivity index (χ1n) is 6.84. The van der Waals surface area contributed by atoms with Gasteiger partial charge >= 0.3 is 0 Å². The van der Waals surface area contributed by atoms with Crippen molar-refractivity contribution < 1.29 is 9.18 Å². The lowest BCUT2D eigenvalue weighted by Crippen LogP contribution is -2.24. The zero-order valence-electron chi connectivity index (χ0n) is 12.4. The van der Waals surface area contributed by atoms with Gasteiger partial charge < -0.3 is 11.5 Å². The average molecular weight is 345 g/mol. The highest BCUT2D eigenvalue weighted by atomic mass is 35.5. The fraction of sp³-hybridized carbons (Fsp3) is 0. The molecule has 0 saturated carbocycles. The Morgan fingerprint density at radius 2 is 1.71 bits per heavy atom. The zero-order valence-corrected chi connectivity index (χ0v) is 13.3. The molecule has 1 amide bonds. The third-order valence-electron chi connectivity index (χ3n) is 3.32. The largest absolute Gasteiger partial charge is 0.370 e. The summed E-state index contributed by atoms with van der Waals surface area (Å²) in [6, 6.07) is 14.6. The number of para-hydroxylation sites is 1. The molecule has 1 heterocycles. The van der Waals surface area contributed by atoms with Crippen molar-refractivity contribution in [3.63, 3.8) is 0 Å². The van der Waals surface area contributed by atoms with Gasteiger partial charge in [0.2, 0.25) is 0 Å². The van der Waals surface area contributed by atoms with Crippen LogP contribution in [0.25, 0.3) is 22.2 Å². The molecule has 0 aliphatic heterocycles. The molecule has 3 aromatic rings. The van der Waals surface area contributed by atoms with Crippen molar-refractivity contribution in [1.82, 2.24) is 4.98 Å². The molecule has 0 atom stereocenters. The first kappa shape index (κ1) is 17.4. The fourth-order valence-corrected chi connectivity index (χ4v) is 2.30. The lowest BCUT2D eigenvalue weighted by atomic mass is 10.0. The molecule has 0 spiro atoms. The molecule has 2 aromatic carbocycles. The van der Waals surface area contributed by atoms with Crippen LogP contribution in [0.4, 0.5) is 4.39 Å². The maximum atomic E-state index is 13.1. The van der Waals surface area contributed by atoms with Crippen LogP contribution in [-0.4, -0.2) is 16.9 Å². The van der Waals surface area contributed by atoms with Crippen molar-refractivity contribution in [2.24, 2.45) is 16.5 Å². The number of rotatable bonds is 2. The van der Waals surface area contributed by atoms with E-state index in [0.717, 1.165) is 0 Å². The molecule has 0 aliphatic rings. The Labute approximate surface area is 143 Å². The number of nitrogens with two attached hydrogens (primary N) is 2.